The minimum Gasteiger partial charge on any atom is -0.381 e. The van der Waals surface area contributed by atoms with E-state index in [-0.39, 0.29) is 0 Å². The lowest BCUT2D eigenvalue weighted by molar-refractivity contribution is 0.125. The summed E-state index contributed by atoms with van der Waals surface area (Å²) in [7, 11) is 0. The molecule has 0 aliphatic carbocycles. The summed E-state index contributed by atoms with van der Waals surface area (Å²) in [6, 6.07) is 0.490. The Hall–Kier alpha value is -0.520. The molecule has 0 aliphatic rings. The van der Waals surface area contributed by atoms with E-state index in [4.69, 9.17) is 4.74 Å². The quantitative estimate of drug-likeness (QED) is 0.476. The highest BCUT2D eigenvalue weighted by Gasteiger charge is 2.04. The van der Waals surface area contributed by atoms with Gasteiger partial charge in [-0.05, 0) is 26.3 Å². The summed E-state index contributed by atoms with van der Waals surface area (Å²) in [6.45, 7) is 8.86. The Bertz CT molecular complexity index is 169. The molecular weight excluding hydrogens is 174 g/mol. The molecule has 1 atom stereocenters. The van der Waals surface area contributed by atoms with Crippen molar-refractivity contribution in [2.75, 3.05) is 19.8 Å². The fourth-order valence-electron chi connectivity index (χ4n) is 1.26. The third-order valence-corrected chi connectivity index (χ3v) is 1.98. The van der Waals surface area contributed by atoms with Gasteiger partial charge in [-0.2, -0.15) is 0 Å². The number of ether oxygens (including phenoxy) is 1. The smallest absolute Gasteiger partial charge is 0.0481 e. The lowest BCUT2D eigenvalue weighted by atomic mass is 10.1. The van der Waals surface area contributed by atoms with Crippen molar-refractivity contribution in [3.8, 4) is 11.8 Å². The average Bonchev–Trinajstić information content (AvgIpc) is 2.20. The Labute approximate surface area is 88.4 Å². The second-order valence-corrected chi connectivity index (χ2v) is 3.29. The number of hydrogen-bond acceptors (Lipinski definition) is 2. The molecule has 0 aromatic carbocycles. The van der Waals surface area contributed by atoms with Gasteiger partial charge in [0.25, 0.3) is 0 Å². The maximum atomic E-state index is 5.45. The van der Waals surface area contributed by atoms with Crippen LogP contribution < -0.4 is 5.32 Å². The van der Waals surface area contributed by atoms with E-state index in [1.807, 2.05) is 6.92 Å². The van der Waals surface area contributed by atoms with Crippen molar-refractivity contribution in [1.82, 2.24) is 5.32 Å². The van der Waals surface area contributed by atoms with Crippen molar-refractivity contribution in [3.63, 3.8) is 0 Å². The van der Waals surface area contributed by atoms with Crippen molar-refractivity contribution in [2.24, 2.45) is 0 Å². The SMILES string of the molecule is CC#CCC(CCOCCC)NCC. The predicted octanol–water partition coefficient (Wildman–Crippen LogP) is 2.19. The monoisotopic (exact) mass is 197 g/mol. The topological polar surface area (TPSA) is 21.3 Å². The Morgan fingerprint density at radius 3 is 2.64 bits per heavy atom. The van der Waals surface area contributed by atoms with Gasteiger partial charge in [0, 0.05) is 25.7 Å². The summed E-state index contributed by atoms with van der Waals surface area (Å²) in [5, 5.41) is 3.41. The lowest BCUT2D eigenvalue weighted by Gasteiger charge is -2.14. The summed E-state index contributed by atoms with van der Waals surface area (Å²) in [5.41, 5.74) is 0. The maximum absolute atomic E-state index is 5.45. The van der Waals surface area contributed by atoms with Gasteiger partial charge < -0.3 is 10.1 Å². The van der Waals surface area contributed by atoms with E-state index in [1.54, 1.807) is 0 Å². The average molecular weight is 197 g/mol. The van der Waals surface area contributed by atoms with Crippen LogP contribution >= 0.6 is 0 Å². The minimum atomic E-state index is 0.490. The first-order chi connectivity index (χ1) is 6.85. The van der Waals surface area contributed by atoms with E-state index >= 15 is 0 Å². The van der Waals surface area contributed by atoms with Gasteiger partial charge in [0.15, 0.2) is 0 Å². The molecule has 14 heavy (non-hydrogen) atoms. The Kier molecular flexibility index (Phi) is 10.2. The number of hydrogen-bond donors (Lipinski definition) is 1. The van der Waals surface area contributed by atoms with Crippen LogP contribution in [-0.4, -0.2) is 25.8 Å². The van der Waals surface area contributed by atoms with Gasteiger partial charge >= 0.3 is 0 Å². The molecule has 2 heteroatoms. The highest BCUT2D eigenvalue weighted by atomic mass is 16.5. The van der Waals surface area contributed by atoms with E-state index in [0.29, 0.717) is 6.04 Å². The van der Waals surface area contributed by atoms with Crippen LogP contribution in [0.25, 0.3) is 0 Å². The minimum absolute atomic E-state index is 0.490. The first-order valence-electron chi connectivity index (χ1n) is 5.55. The maximum Gasteiger partial charge on any atom is 0.0481 e. The van der Waals surface area contributed by atoms with E-state index in [9.17, 15) is 0 Å². The van der Waals surface area contributed by atoms with Crippen LogP contribution in [0.5, 0.6) is 0 Å². The second kappa shape index (κ2) is 10.6. The van der Waals surface area contributed by atoms with E-state index in [2.05, 4.69) is 31.0 Å². The molecule has 0 aromatic heterocycles. The molecule has 82 valence electrons. The molecule has 0 amide bonds. The third kappa shape index (κ3) is 8.10. The summed E-state index contributed by atoms with van der Waals surface area (Å²) in [4.78, 5) is 0. The van der Waals surface area contributed by atoms with Gasteiger partial charge in [-0.3, -0.25) is 0 Å². The van der Waals surface area contributed by atoms with Gasteiger partial charge in [0.2, 0.25) is 0 Å². The van der Waals surface area contributed by atoms with Gasteiger partial charge in [0.05, 0.1) is 0 Å². The lowest BCUT2D eigenvalue weighted by Crippen LogP contribution is -2.29. The largest absolute Gasteiger partial charge is 0.381 e. The van der Waals surface area contributed by atoms with Crippen LogP contribution in [0.2, 0.25) is 0 Å². The zero-order valence-electron chi connectivity index (χ0n) is 9.73. The van der Waals surface area contributed by atoms with Gasteiger partial charge in [-0.15, -0.1) is 11.8 Å². The van der Waals surface area contributed by atoms with Gasteiger partial charge in [0.1, 0.15) is 0 Å². The zero-order chi connectivity index (χ0) is 10.6. The van der Waals surface area contributed by atoms with Crippen molar-refractivity contribution in [3.05, 3.63) is 0 Å². The summed E-state index contributed by atoms with van der Waals surface area (Å²) in [6.07, 6.45) is 3.09. The molecule has 0 radical (unpaired) electrons. The molecule has 1 N–H and O–H groups in total. The molecule has 0 spiro atoms. The molecule has 0 rings (SSSR count). The van der Waals surface area contributed by atoms with Crippen LogP contribution in [0.4, 0.5) is 0 Å². The Balaban J connectivity index is 3.54. The molecule has 0 aliphatic heterocycles. The highest BCUT2D eigenvalue weighted by Crippen LogP contribution is 1.98. The second-order valence-electron chi connectivity index (χ2n) is 3.29. The van der Waals surface area contributed by atoms with Crippen LogP contribution in [0.1, 0.15) is 40.0 Å². The molecule has 0 aromatic rings. The Morgan fingerprint density at radius 2 is 2.07 bits per heavy atom. The summed E-state index contributed by atoms with van der Waals surface area (Å²) < 4.78 is 5.45. The fraction of sp³-hybridized carbons (Fsp3) is 0.833. The first-order valence-corrected chi connectivity index (χ1v) is 5.55. The summed E-state index contributed by atoms with van der Waals surface area (Å²) in [5.74, 6) is 6.03. The van der Waals surface area contributed by atoms with Crippen molar-refractivity contribution >= 4 is 0 Å². The van der Waals surface area contributed by atoms with Crippen molar-refractivity contribution in [1.29, 1.82) is 0 Å². The van der Waals surface area contributed by atoms with Crippen LogP contribution in [0.15, 0.2) is 0 Å². The predicted molar refractivity (Wildman–Crippen MR) is 61.3 cm³/mol. The molecule has 0 saturated carbocycles. The fourth-order valence-corrected chi connectivity index (χ4v) is 1.26. The molecule has 0 fully saturated rings. The molecule has 2 nitrogen and oxygen atoms in total. The van der Waals surface area contributed by atoms with Crippen molar-refractivity contribution < 1.29 is 4.74 Å². The molecule has 1 unspecified atom stereocenters. The van der Waals surface area contributed by atoms with Crippen LogP contribution in [0, 0.1) is 11.8 Å². The normalized spacial score (nSPS) is 11.9. The van der Waals surface area contributed by atoms with E-state index in [1.165, 1.54) is 0 Å². The van der Waals surface area contributed by atoms with Crippen molar-refractivity contribution in [2.45, 2.75) is 46.1 Å². The standard InChI is InChI=1S/C12H23NO/c1-4-7-8-12(13-6-3)9-11-14-10-5-2/h12-13H,5-6,8-11H2,1-3H3. The molecular formula is C12H23NO. The van der Waals surface area contributed by atoms with Gasteiger partial charge in [-0.1, -0.05) is 13.8 Å². The molecule has 0 bridgehead atoms. The molecule has 0 saturated heterocycles. The van der Waals surface area contributed by atoms with E-state index < -0.39 is 0 Å². The summed E-state index contributed by atoms with van der Waals surface area (Å²) >= 11 is 0. The molecule has 0 heterocycles. The van der Waals surface area contributed by atoms with Crippen LogP contribution in [0.3, 0.4) is 0 Å². The van der Waals surface area contributed by atoms with Crippen LogP contribution in [-0.2, 0) is 4.74 Å². The Morgan fingerprint density at radius 1 is 1.29 bits per heavy atom. The van der Waals surface area contributed by atoms with Gasteiger partial charge in [-0.25, -0.2) is 0 Å². The third-order valence-electron chi connectivity index (χ3n) is 1.98. The first kappa shape index (κ1) is 13.5. The van der Waals surface area contributed by atoms with E-state index in [0.717, 1.165) is 39.0 Å². The number of rotatable bonds is 8. The number of nitrogens with one attached hydrogen (secondary N) is 1. The zero-order valence-corrected chi connectivity index (χ0v) is 9.73. The highest BCUT2D eigenvalue weighted by molar-refractivity contribution is 4.98.